The van der Waals surface area contributed by atoms with E-state index in [2.05, 4.69) is 0 Å². The number of hydrogen-bond acceptors (Lipinski definition) is 4. The molecule has 15 heavy (non-hydrogen) atoms. The fourth-order valence-electron chi connectivity index (χ4n) is 1.35. The van der Waals surface area contributed by atoms with Gasteiger partial charge in [0.2, 0.25) is 0 Å². The molecule has 0 aromatic rings. The molecule has 0 saturated carbocycles. The van der Waals surface area contributed by atoms with Gasteiger partial charge in [0.05, 0.1) is 0 Å². The van der Waals surface area contributed by atoms with E-state index in [0.29, 0.717) is 6.42 Å². The number of ketones is 1. The van der Waals surface area contributed by atoms with Crippen molar-refractivity contribution in [3.8, 4) is 0 Å². The van der Waals surface area contributed by atoms with Crippen LogP contribution in [-0.4, -0.2) is 28.9 Å². The summed E-state index contributed by atoms with van der Waals surface area (Å²) in [6, 6.07) is 0. The summed E-state index contributed by atoms with van der Waals surface area (Å²) in [4.78, 5) is 22.5. The molecular weight excluding hydrogens is 196 g/mol. The van der Waals surface area contributed by atoms with Gasteiger partial charge in [-0.15, -0.1) is 0 Å². The summed E-state index contributed by atoms with van der Waals surface area (Å²) < 4.78 is 0. The lowest BCUT2D eigenvalue weighted by molar-refractivity contribution is -0.148. The Morgan fingerprint density at radius 1 is 1.33 bits per heavy atom. The van der Waals surface area contributed by atoms with Gasteiger partial charge in [-0.3, -0.25) is 4.79 Å². The summed E-state index contributed by atoms with van der Waals surface area (Å²) in [6.07, 6.45) is 2.79. The Bertz CT molecular complexity index is 231. The zero-order valence-corrected chi connectivity index (χ0v) is 9.16. The van der Waals surface area contributed by atoms with Crippen LogP contribution >= 0.6 is 0 Å². The summed E-state index contributed by atoms with van der Waals surface area (Å²) in [5, 5.41) is 8.89. The summed E-state index contributed by atoms with van der Waals surface area (Å²) in [5.41, 5.74) is 9.01. The van der Waals surface area contributed by atoms with Crippen LogP contribution in [0.2, 0.25) is 0 Å². The van der Waals surface area contributed by atoms with Gasteiger partial charge in [-0.1, -0.05) is 19.8 Å². The first-order chi connectivity index (χ1) is 6.99. The van der Waals surface area contributed by atoms with E-state index in [1.807, 2.05) is 6.92 Å². The SMILES string of the molecule is CCCCCC(=O)C(N)(CCN)C(=O)O. The molecule has 0 heterocycles. The number of hydrogen-bond donors (Lipinski definition) is 3. The fourth-order valence-corrected chi connectivity index (χ4v) is 1.35. The van der Waals surface area contributed by atoms with E-state index in [1.165, 1.54) is 0 Å². The molecule has 0 aliphatic rings. The van der Waals surface area contributed by atoms with Crippen LogP contribution in [0.5, 0.6) is 0 Å². The average Bonchev–Trinajstić information content (AvgIpc) is 2.18. The van der Waals surface area contributed by atoms with Crippen LogP contribution in [-0.2, 0) is 9.59 Å². The second kappa shape index (κ2) is 6.53. The molecule has 0 aromatic heterocycles. The first-order valence-corrected chi connectivity index (χ1v) is 5.24. The molecule has 88 valence electrons. The summed E-state index contributed by atoms with van der Waals surface area (Å²) in [5.74, 6) is -1.71. The van der Waals surface area contributed by atoms with E-state index < -0.39 is 17.3 Å². The highest BCUT2D eigenvalue weighted by molar-refractivity contribution is 6.07. The van der Waals surface area contributed by atoms with Crippen LogP contribution in [0.15, 0.2) is 0 Å². The quantitative estimate of drug-likeness (QED) is 0.399. The molecule has 1 atom stereocenters. The Morgan fingerprint density at radius 3 is 2.33 bits per heavy atom. The Labute approximate surface area is 89.8 Å². The van der Waals surface area contributed by atoms with Crippen molar-refractivity contribution in [1.29, 1.82) is 0 Å². The van der Waals surface area contributed by atoms with Crippen molar-refractivity contribution in [2.75, 3.05) is 6.54 Å². The van der Waals surface area contributed by atoms with E-state index in [1.54, 1.807) is 0 Å². The molecular formula is C10H20N2O3. The highest BCUT2D eigenvalue weighted by Crippen LogP contribution is 2.13. The number of carboxylic acid groups (broad SMARTS) is 1. The predicted octanol–water partition coefficient (Wildman–Crippen LogP) is 0.267. The van der Waals surface area contributed by atoms with E-state index in [0.717, 1.165) is 12.8 Å². The lowest BCUT2D eigenvalue weighted by atomic mass is 9.88. The molecule has 5 heteroatoms. The van der Waals surface area contributed by atoms with Crippen molar-refractivity contribution in [3.63, 3.8) is 0 Å². The number of carbonyl (C=O) groups is 2. The smallest absolute Gasteiger partial charge is 0.331 e. The van der Waals surface area contributed by atoms with Gasteiger partial charge in [0.1, 0.15) is 0 Å². The molecule has 5 N–H and O–H groups in total. The largest absolute Gasteiger partial charge is 0.480 e. The zero-order valence-electron chi connectivity index (χ0n) is 9.16. The van der Waals surface area contributed by atoms with Crippen molar-refractivity contribution < 1.29 is 14.7 Å². The van der Waals surface area contributed by atoms with Gasteiger partial charge >= 0.3 is 5.97 Å². The molecule has 0 radical (unpaired) electrons. The number of unbranched alkanes of at least 4 members (excludes halogenated alkanes) is 2. The number of Topliss-reactive ketones (excluding diaryl/α,β-unsaturated/α-hetero) is 1. The van der Waals surface area contributed by atoms with Crippen LogP contribution in [0, 0.1) is 0 Å². The zero-order chi connectivity index (χ0) is 11.9. The number of carboxylic acids is 1. The summed E-state index contributed by atoms with van der Waals surface area (Å²) in [6.45, 7) is 2.11. The first-order valence-electron chi connectivity index (χ1n) is 5.24. The van der Waals surface area contributed by atoms with Gasteiger partial charge < -0.3 is 16.6 Å². The maximum Gasteiger partial charge on any atom is 0.331 e. The Balaban J connectivity index is 4.36. The van der Waals surface area contributed by atoms with Crippen molar-refractivity contribution in [2.45, 2.75) is 44.6 Å². The Hall–Kier alpha value is -0.940. The molecule has 0 bridgehead atoms. The van der Waals surface area contributed by atoms with Gasteiger partial charge in [-0.2, -0.15) is 0 Å². The van der Waals surface area contributed by atoms with E-state index >= 15 is 0 Å². The van der Waals surface area contributed by atoms with Gasteiger partial charge in [0.15, 0.2) is 11.3 Å². The third-order valence-corrected chi connectivity index (χ3v) is 2.43. The monoisotopic (exact) mass is 216 g/mol. The third kappa shape index (κ3) is 3.97. The number of aliphatic carboxylic acids is 1. The molecule has 0 aliphatic carbocycles. The second-order valence-electron chi connectivity index (χ2n) is 3.70. The minimum absolute atomic E-state index is 0.00666. The molecule has 0 saturated heterocycles. The fraction of sp³-hybridized carbons (Fsp3) is 0.800. The lowest BCUT2D eigenvalue weighted by Crippen LogP contribution is -2.56. The van der Waals surface area contributed by atoms with Crippen LogP contribution < -0.4 is 11.5 Å². The maximum atomic E-state index is 11.6. The summed E-state index contributed by atoms with van der Waals surface area (Å²) >= 11 is 0. The minimum atomic E-state index is -1.79. The molecule has 0 rings (SSSR count). The van der Waals surface area contributed by atoms with Crippen molar-refractivity contribution in [3.05, 3.63) is 0 Å². The average molecular weight is 216 g/mol. The van der Waals surface area contributed by atoms with Gasteiger partial charge in [0.25, 0.3) is 0 Å². The minimum Gasteiger partial charge on any atom is -0.480 e. The Morgan fingerprint density at radius 2 is 1.93 bits per heavy atom. The molecule has 1 unspecified atom stereocenters. The highest BCUT2D eigenvalue weighted by Gasteiger charge is 2.40. The first kappa shape index (κ1) is 14.1. The summed E-state index contributed by atoms with van der Waals surface area (Å²) in [7, 11) is 0. The maximum absolute atomic E-state index is 11.6. The normalized spacial score (nSPS) is 14.6. The van der Waals surface area contributed by atoms with Gasteiger partial charge in [-0.05, 0) is 19.4 Å². The third-order valence-electron chi connectivity index (χ3n) is 2.43. The van der Waals surface area contributed by atoms with Crippen molar-refractivity contribution in [1.82, 2.24) is 0 Å². The van der Waals surface area contributed by atoms with Crippen molar-refractivity contribution in [2.24, 2.45) is 11.5 Å². The predicted molar refractivity (Wildman–Crippen MR) is 57.4 cm³/mol. The molecule has 0 fully saturated rings. The number of rotatable bonds is 8. The van der Waals surface area contributed by atoms with Crippen LogP contribution in [0.1, 0.15) is 39.0 Å². The molecule has 5 nitrogen and oxygen atoms in total. The lowest BCUT2D eigenvalue weighted by Gasteiger charge is -2.22. The van der Waals surface area contributed by atoms with E-state index in [4.69, 9.17) is 16.6 Å². The van der Waals surface area contributed by atoms with Crippen LogP contribution in [0.3, 0.4) is 0 Å². The van der Waals surface area contributed by atoms with E-state index in [9.17, 15) is 9.59 Å². The standard InChI is InChI=1S/C10H20N2O3/c1-2-3-4-5-8(13)10(12,6-7-11)9(14)15/h2-7,11-12H2,1H3,(H,14,15). The van der Waals surface area contributed by atoms with Crippen LogP contribution in [0.25, 0.3) is 0 Å². The van der Waals surface area contributed by atoms with Gasteiger partial charge in [-0.25, -0.2) is 4.79 Å². The van der Waals surface area contributed by atoms with Crippen molar-refractivity contribution >= 4 is 11.8 Å². The number of carbonyl (C=O) groups excluding carboxylic acids is 1. The molecule has 0 aromatic carbocycles. The topological polar surface area (TPSA) is 106 Å². The van der Waals surface area contributed by atoms with Crippen LogP contribution in [0.4, 0.5) is 0 Å². The second-order valence-corrected chi connectivity index (χ2v) is 3.70. The van der Waals surface area contributed by atoms with Gasteiger partial charge in [0, 0.05) is 6.42 Å². The number of nitrogens with two attached hydrogens (primary N) is 2. The Kier molecular flexibility index (Phi) is 6.12. The highest BCUT2D eigenvalue weighted by atomic mass is 16.4. The molecule has 0 amide bonds. The van der Waals surface area contributed by atoms with E-state index in [-0.39, 0.29) is 19.4 Å². The molecule has 0 spiro atoms. The molecule has 0 aliphatic heterocycles.